The standard InChI is InChI=1S/C13H20ClNO3/c1-13(2,3)15-6-11(17)8-4-9(7-16)12(18)10(14)5-8/h4-5,11,15-18H,6-7H2,1-3H3. The second-order valence-corrected chi connectivity index (χ2v) is 5.72. The van der Waals surface area contributed by atoms with E-state index in [0.29, 0.717) is 17.7 Å². The number of halogens is 1. The third-order valence-corrected chi connectivity index (χ3v) is 2.83. The number of aliphatic hydroxyl groups is 2. The summed E-state index contributed by atoms with van der Waals surface area (Å²) in [5.74, 6) is -0.140. The molecule has 0 heterocycles. The van der Waals surface area contributed by atoms with Crippen LogP contribution in [0, 0.1) is 0 Å². The Balaban J connectivity index is 2.86. The van der Waals surface area contributed by atoms with Crippen LogP contribution in [0.2, 0.25) is 5.02 Å². The highest BCUT2D eigenvalue weighted by Gasteiger charge is 2.16. The first-order valence-electron chi connectivity index (χ1n) is 5.80. The number of phenols is 1. The van der Waals surface area contributed by atoms with Crippen molar-refractivity contribution in [2.75, 3.05) is 6.54 Å². The van der Waals surface area contributed by atoms with Crippen LogP contribution in [-0.2, 0) is 6.61 Å². The quantitative estimate of drug-likeness (QED) is 0.677. The van der Waals surface area contributed by atoms with E-state index in [1.165, 1.54) is 6.07 Å². The van der Waals surface area contributed by atoms with E-state index < -0.39 is 6.10 Å². The summed E-state index contributed by atoms with van der Waals surface area (Å²) in [7, 11) is 0. The van der Waals surface area contributed by atoms with Crippen LogP contribution in [0.25, 0.3) is 0 Å². The SMILES string of the molecule is CC(C)(C)NCC(O)c1cc(Cl)c(O)c(CO)c1. The van der Waals surface area contributed by atoms with Gasteiger partial charge in [0, 0.05) is 17.6 Å². The molecule has 4 nitrogen and oxygen atoms in total. The van der Waals surface area contributed by atoms with E-state index in [1.54, 1.807) is 6.07 Å². The molecular weight excluding hydrogens is 254 g/mol. The van der Waals surface area contributed by atoms with Gasteiger partial charge in [0.25, 0.3) is 0 Å². The van der Waals surface area contributed by atoms with E-state index in [1.807, 2.05) is 20.8 Å². The maximum Gasteiger partial charge on any atom is 0.139 e. The Kier molecular flexibility index (Phi) is 4.99. The van der Waals surface area contributed by atoms with E-state index in [2.05, 4.69) is 5.32 Å². The molecule has 0 aliphatic carbocycles. The summed E-state index contributed by atoms with van der Waals surface area (Å²) in [6, 6.07) is 3.06. The van der Waals surface area contributed by atoms with Crippen molar-refractivity contribution in [2.45, 2.75) is 39.0 Å². The highest BCUT2D eigenvalue weighted by Crippen LogP contribution is 2.31. The Hall–Kier alpha value is -0.810. The maximum atomic E-state index is 10.0. The van der Waals surface area contributed by atoms with Gasteiger partial charge >= 0.3 is 0 Å². The molecule has 1 aromatic rings. The molecule has 0 spiro atoms. The minimum atomic E-state index is -0.743. The van der Waals surface area contributed by atoms with Crippen LogP contribution in [0.5, 0.6) is 5.75 Å². The molecule has 5 heteroatoms. The van der Waals surface area contributed by atoms with Crippen molar-refractivity contribution in [1.29, 1.82) is 0 Å². The maximum absolute atomic E-state index is 10.0. The molecule has 0 bridgehead atoms. The molecule has 0 amide bonds. The monoisotopic (exact) mass is 273 g/mol. The molecule has 18 heavy (non-hydrogen) atoms. The second kappa shape index (κ2) is 5.89. The van der Waals surface area contributed by atoms with Gasteiger partial charge in [-0.3, -0.25) is 0 Å². The number of hydrogen-bond donors (Lipinski definition) is 4. The summed E-state index contributed by atoms with van der Waals surface area (Å²) >= 11 is 5.84. The fraction of sp³-hybridized carbons (Fsp3) is 0.538. The van der Waals surface area contributed by atoms with Gasteiger partial charge < -0.3 is 20.6 Å². The molecule has 0 aromatic heterocycles. The Morgan fingerprint density at radius 1 is 1.33 bits per heavy atom. The summed E-state index contributed by atoms with van der Waals surface area (Å²) in [5, 5.41) is 32.0. The molecule has 1 aromatic carbocycles. The number of β-amino-alcohol motifs (C(OH)–C–C–N with tert-alkyl or cyclic N) is 1. The predicted octanol–water partition coefficient (Wildman–Crippen LogP) is 1.96. The minimum absolute atomic E-state index is 0.0957. The lowest BCUT2D eigenvalue weighted by atomic mass is 10.0. The summed E-state index contributed by atoms with van der Waals surface area (Å²) in [5.41, 5.74) is 0.785. The molecule has 1 atom stereocenters. The van der Waals surface area contributed by atoms with Gasteiger partial charge in [-0.15, -0.1) is 0 Å². The molecule has 4 N–H and O–H groups in total. The van der Waals surface area contributed by atoms with Crippen LogP contribution in [0.1, 0.15) is 38.0 Å². The van der Waals surface area contributed by atoms with Crippen molar-refractivity contribution >= 4 is 11.6 Å². The molecule has 0 saturated heterocycles. The number of aromatic hydroxyl groups is 1. The molecule has 0 aliphatic heterocycles. The van der Waals surface area contributed by atoms with Crippen LogP contribution < -0.4 is 5.32 Å². The van der Waals surface area contributed by atoms with E-state index in [-0.39, 0.29) is 22.9 Å². The molecule has 0 fully saturated rings. The summed E-state index contributed by atoms with van der Waals surface area (Å²) in [6.07, 6.45) is -0.743. The van der Waals surface area contributed by atoms with Crippen LogP contribution in [0.4, 0.5) is 0 Å². The van der Waals surface area contributed by atoms with Gasteiger partial charge in [-0.25, -0.2) is 0 Å². The van der Waals surface area contributed by atoms with Gasteiger partial charge in [-0.2, -0.15) is 0 Å². The first-order chi connectivity index (χ1) is 8.24. The highest BCUT2D eigenvalue weighted by atomic mass is 35.5. The normalized spacial score (nSPS) is 13.7. The van der Waals surface area contributed by atoms with E-state index in [9.17, 15) is 10.2 Å². The van der Waals surface area contributed by atoms with Crippen molar-refractivity contribution < 1.29 is 15.3 Å². The van der Waals surface area contributed by atoms with Crippen molar-refractivity contribution in [3.8, 4) is 5.75 Å². The van der Waals surface area contributed by atoms with Crippen molar-refractivity contribution in [1.82, 2.24) is 5.32 Å². The number of benzene rings is 1. The van der Waals surface area contributed by atoms with Gasteiger partial charge in [-0.1, -0.05) is 11.6 Å². The Morgan fingerprint density at radius 3 is 2.44 bits per heavy atom. The zero-order valence-corrected chi connectivity index (χ0v) is 11.6. The van der Waals surface area contributed by atoms with E-state index in [0.717, 1.165) is 0 Å². The lowest BCUT2D eigenvalue weighted by Gasteiger charge is -2.23. The molecule has 102 valence electrons. The molecule has 1 unspecified atom stereocenters. The van der Waals surface area contributed by atoms with Crippen LogP contribution in [-0.4, -0.2) is 27.4 Å². The van der Waals surface area contributed by atoms with Gasteiger partial charge in [-0.05, 0) is 38.5 Å². The Morgan fingerprint density at radius 2 is 1.94 bits per heavy atom. The minimum Gasteiger partial charge on any atom is -0.506 e. The third-order valence-electron chi connectivity index (χ3n) is 2.55. The van der Waals surface area contributed by atoms with Crippen molar-refractivity contribution in [3.63, 3.8) is 0 Å². The fourth-order valence-corrected chi connectivity index (χ4v) is 1.76. The second-order valence-electron chi connectivity index (χ2n) is 5.32. The third kappa shape index (κ3) is 4.14. The molecule has 1 rings (SSSR count). The summed E-state index contributed by atoms with van der Waals surface area (Å²) in [4.78, 5) is 0. The number of rotatable bonds is 4. The lowest BCUT2D eigenvalue weighted by molar-refractivity contribution is 0.163. The van der Waals surface area contributed by atoms with Crippen LogP contribution in [0.3, 0.4) is 0 Å². The van der Waals surface area contributed by atoms with Gasteiger partial charge in [0.2, 0.25) is 0 Å². The largest absolute Gasteiger partial charge is 0.506 e. The number of hydrogen-bond acceptors (Lipinski definition) is 4. The molecule has 0 saturated carbocycles. The molecule has 0 radical (unpaired) electrons. The first-order valence-corrected chi connectivity index (χ1v) is 6.17. The van der Waals surface area contributed by atoms with Crippen LogP contribution >= 0.6 is 11.6 Å². The Labute approximate surface area is 112 Å². The van der Waals surface area contributed by atoms with E-state index in [4.69, 9.17) is 16.7 Å². The average molecular weight is 274 g/mol. The van der Waals surface area contributed by atoms with Gasteiger partial charge in [0.15, 0.2) is 0 Å². The topological polar surface area (TPSA) is 72.7 Å². The number of nitrogens with one attached hydrogen (secondary N) is 1. The molecule has 0 aliphatic rings. The van der Waals surface area contributed by atoms with E-state index >= 15 is 0 Å². The fourth-order valence-electron chi connectivity index (χ4n) is 1.51. The van der Waals surface area contributed by atoms with Crippen molar-refractivity contribution in [2.24, 2.45) is 0 Å². The predicted molar refractivity (Wildman–Crippen MR) is 71.8 cm³/mol. The first kappa shape index (κ1) is 15.2. The Bertz CT molecular complexity index is 415. The smallest absolute Gasteiger partial charge is 0.139 e. The summed E-state index contributed by atoms with van der Waals surface area (Å²) < 4.78 is 0. The lowest BCUT2D eigenvalue weighted by Crippen LogP contribution is -2.38. The summed E-state index contributed by atoms with van der Waals surface area (Å²) in [6.45, 7) is 6.06. The van der Waals surface area contributed by atoms with Crippen molar-refractivity contribution in [3.05, 3.63) is 28.3 Å². The molecular formula is C13H20ClNO3. The van der Waals surface area contributed by atoms with Crippen LogP contribution in [0.15, 0.2) is 12.1 Å². The average Bonchev–Trinajstić information content (AvgIpc) is 2.28. The number of aliphatic hydroxyl groups excluding tert-OH is 2. The zero-order valence-electron chi connectivity index (χ0n) is 10.9. The zero-order chi connectivity index (χ0) is 13.9. The van der Waals surface area contributed by atoms with Gasteiger partial charge in [0.05, 0.1) is 17.7 Å². The van der Waals surface area contributed by atoms with Gasteiger partial charge in [0.1, 0.15) is 5.75 Å². The highest BCUT2D eigenvalue weighted by molar-refractivity contribution is 6.32.